The fourth-order valence-electron chi connectivity index (χ4n) is 1.70. The average molecular weight is 288 g/mol. The second-order valence-corrected chi connectivity index (χ2v) is 4.41. The lowest BCUT2D eigenvalue weighted by Crippen LogP contribution is -2.39. The second-order valence-electron chi connectivity index (χ2n) is 4.41. The fraction of sp³-hybridized carbons (Fsp3) is 0.769. The number of carbonyl (C=O) groups is 3. The molecule has 0 fully saturated rings. The minimum absolute atomic E-state index is 0.146. The number of rotatable bonds is 10. The molecule has 0 aliphatic carbocycles. The van der Waals surface area contributed by atoms with Gasteiger partial charge in [-0.3, -0.25) is 9.59 Å². The van der Waals surface area contributed by atoms with E-state index in [1.165, 1.54) is 0 Å². The van der Waals surface area contributed by atoms with Gasteiger partial charge in [-0.1, -0.05) is 13.3 Å². The maximum absolute atomic E-state index is 11.4. The Bertz CT molecular complexity index is 320. The molecule has 2 amide bonds. The van der Waals surface area contributed by atoms with Crippen molar-refractivity contribution < 1.29 is 24.2 Å². The molecular weight excluding hydrogens is 264 g/mol. The molecule has 1 atom stereocenters. The number of hydrogen-bond acceptors (Lipinski definition) is 4. The highest BCUT2D eigenvalue weighted by Crippen LogP contribution is 2.14. The van der Waals surface area contributed by atoms with Crippen molar-refractivity contribution in [3.8, 4) is 0 Å². The summed E-state index contributed by atoms with van der Waals surface area (Å²) in [5.74, 6) is -1.00. The van der Waals surface area contributed by atoms with E-state index in [0.717, 1.165) is 12.8 Å². The van der Waals surface area contributed by atoms with Gasteiger partial charge in [-0.25, -0.2) is 4.79 Å². The molecule has 0 rings (SSSR count). The van der Waals surface area contributed by atoms with Gasteiger partial charge >= 0.3 is 18.0 Å². The number of nitrogens with one attached hydrogen (secondary N) is 2. The van der Waals surface area contributed by atoms with Gasteiger partial charge in [0.1, 0.15) is 6.54 Å². The number of carboxylic acid groups (broad SMARTS) is 1. The van der Waals surface area contributed by atoms with Gasteiger partial charge in [-0.05, 0) is 25.7 Å². The van der Waals surface area contributed by atoms with E-state index >= 15 is 0 Å². The summed E-state index contributed by atoms with van der Waals surface area (Å²) < 4.78 is 4.67. The summed E-state index contributed by atoms with van der Waals surface area (Å²) in [6.07, 6.45) is 2.35. The third kappa shape index (κ3) is 10.2. The molecule has 0 bridgehead atoms. The fourth-order valence-corrected chi connectivity index (χ4v) is 1.70. The molecule has 0 radical (unpaired) electrons. The summed E-state index contributed by atoms with van der Waals surface area (Å²) in [7, 11) is 0. The predicted octanol–water partition coefficient (Wildman–Crippen LogP) is 1.13. The predicted molar refractivity (Wildman–Crippen MR) is 73.3 cm³/mol. The van der Waals surface area contributed by atoms with E-state index < -0.39 is 18.0 Å². The monoisotopic (exact) mass is 288 g/mol. The largest absolute Gasteiger partial charge is 0.481 e. The van der Waals surface area contributed by atoms with Crippen molar-refractivity contribution in [3.05, 3.63) is 0 Å². The van der Waals surface area contributed by atoms with Crippen LogP contribution in [0.25, 0.3) is 0 Å². The van der Waals surface area contributed by atoms with Gasteiger partial charge in [-0.15, -0.1) is 0 Å². The van der Waals surface area contributed by atoms with Crippen LogP contribution in [0.2, 0.25) is 0 Å². The van der Waals surface area contributed by atoms with E-state index in [1.807, 2.05) is 6.92 Å². The van der Waals surface area contributed by atoms with Crippen molar-refractivity contribution >= 4 is 18.0 Å². The first-order chi connectivity index (χ1) is 9.49. The van der Waals surface area contributed by atoms with Crippen molar-refractivity contribution in [2.45, 2.75) is 39.5 Å². The van der Waals surface area contributed by atoms with Crippen LogP contribution in [-0.4, -0.2) is 42.8 Å². The highest BCUT2D eigenvalue weighted by molar-refractivity contribution is 5.80. The molecule has 0 aromatic rings. The van der Waals surface area contributed by atoms with Gasteiger partial charge in [-0.2, -0.15) is 0 Å². The molecule has 7 heteroatoms. The van der Waals surface area contributed by atoms with Crippen LogP contribution in [-0.2, 0) is 14.3 Å². The first kappa shape index (κ1) is 18.2. The van der Waals surface area contributed by atoms with Crippen LogP contribution in [0.3, 0.4) is 0 Å². The van der Waals surface area contributed by atoms with Crippen LogP contribution in [0, 0.1) is 5.92 Å². The van der Waals surface area contributed by atoms with Gasteiger partial charge in [0.15, 0.2) is 0 Å². The van der Waals surface area contributed by atoms with Crippen molar-refractivity contribution in [1.29, 1.82) is 0 Å². The number of carboxylic acids is 1. The van der Waals surface area contributed by atoms with E-state index in [-0.39, 0.29) is 25.5 Å². The summed E-state index contributed by atoms with van der Waals surface area (Å²) in [5, 5.41) is 13.6. The van der Waals surface area contributed by atoms with Crippen molar-refractivity contribution in [2.24, 2.45) is 5.92 Å². The number of esters is 1. The first-order valence-corrected chi connectivity index (χ1v) is 6.88. The van der Waals surface area contributed by atoms with Gasteiger partial charge in [0.25, 0.3) is 0 Å². The molecule has 0 aliphatic heterocycles. The van der Waals surface area contributed by atoms with E-state index in [4.69, 9.17) is 5.11 Å². The third-order valence-corrected chi connectivity index (χ3v) is 2.88. The standard InChI is InChI=1S/C13H24N2O5/c1-3-10(5-6-11(16)17)7-8-14-13(19)15-9-12(18)20-4-2/h10H,3-9H2,1-2H3,(H,16,17)(H2,14,15,19). The molecule has 0 saturated heterocycles. The van der Waals surface area contributed by atoms with Gasteiger partial charge in [0.2, 0.25) is 0 Å². The molecule has 0 heterocycles. The molecule has 0 aromatic carbocycles. The van der Waals surface area contributed by atoms with Crippen LogP contribution >= 0.6 is 0 Å². The van der Waals surface area contributed by atoms with Crippen molar-refractivity contribution in [2.75, 3.05) is 19.7 Å². The Morgan fingerprint density at radius 1 is 1.15 bits per heavy atom. The van der Waals surface area contributed by atoms with Gasteiger partial charge in [0, 0.05) is 13.0 Å². The summed E-state index contributed by atoms with van der Waals surface area (Å²) in [6, 6.07) is -0.425. The molecule has 7 nitrogen and oxygen atoms in total. The summed E-state index contributed by atoms with van der Waals surface area (Å²) >= 11 is 0. The molecule has 3 N–H and O–H groups in total. The van der Waals surface area contributed by atoms with Crippen LogP contribution in [0.5, 0.6) is 0 Å². The Balaban J connectivity index is 3.72. The summed E-state index contributed by atoms with van der Waals surface area (Å²) in [6.45, 7) is 4.26. The van der Waals surface area contributed by atoms with Crippen molar-refractivity contribution in [3.63, 3.8) is 0 Å². The number of ether oxygens (including phenoxy) is 1. The topological polar surface area (TPSA) is 105 Å². The van der Waals surface area contributed by atoms with Gasteiger partial charge in [0.05, 0.1) is 6.61 Å². The number of carbonyl (C=O) groups excluding carboxylic acids is 2. The quantitative estimate of drug-likeness (QED) is 0.523. The van der Waals surface area contributed by atoms with E-state index in [9.17, 15) is 14.4 Å². The molecule has 0 aliphatic rings. The minimum Gasteiger partial charge on any atom is -0.481 e. The number of hydrogen-bond donors (Lipinski definition) is 3. The molecule has 20 heavy (non-hydrogen) atoms. The van der Waals surface area contributed by atoms with Crippen molar-refractivity contribution in [1.82, 2.24) is 10.6 Å². The van der Waals surface area contributed by atoms with E-state index in [1.54, 1.807) is 6.92 Å². The van der Waals surface area contributed by atoms with Crippen LogP contribution in [0.4, 0.5) is 4.79 Å². The number of amides is 2. The summed E-state index contributed by atoms with van der Waals surface area (Å²) in [5.41, 5.74) is 0. The Labute approximate surface area is 119 Å². The molecule has 0 saturated carbocycles. The molecule has 116 valence electrons. The molecule has 0 aromatic heterocycles. The number of aliphatic carboxylic acids is 1. The Morgan fingerprint density at radius 2 is 1.85 bits per heavy atom. The summed E-state index contributed by atoms with van der Waals surface area (Å²) in [4.78, 5) is 32.8. The zero-order chi connectivity index (χ0) is 15.4. The first-order valence-electron chi connectivity index (χ1n) is 6.88. The lowest BCUT2D eigenvalue weighted by atomic mass is 9.97. The van der Waals surface area contributed by atoms with Crippen LogP contribution in [0.1, 0.15) is 39.5 Å². The smallest absolute Gasteiger partial charge is 0.325 e. The lowest BCUT2D eigenvalue weighted by molar-refractivity contribution is -0.142. The Kier molecular flexibility index (Phi) is 10.1. The zero-order valence-corrected chi connectivity index (χ0v) is 12.1. The number of urea groups is 1. The second kappa shape index (κ2) is 11.1. The highest BCUT2D eigenvalue weighted by atomic mass is 16.5. The normalized spacial score (nSPS) is 11.5. The van der Waals surface area contributed by atoms with E-state index in [0.29, 0.717) is 13.0 Å². The van der Waals surface area contributed by atoms with E-state index in [2.05, 4.69) is 15.4 Å². The van der Waals surface area contributed by atoms with Crippen LogP contribution in [0.15, 0.2) is 0 Å². The Hall–Kier alpha value is -1.79. The Morgan fingerprint density at radius 3 is 2.40 bits per heavy atom. The third-order valence-electron chi connectivity index (χ3n) is 2.88. The minimum atomic E-state index is -0.802. The molecular formula is C13H24N2O5. The zero-order valence-electron chi connectivity index (χ0n) is 12.1. The molecule has 0 spiro atoms. The highest BCUT2D eigenvalue weighted by Gasteiger charge is 2.10. The van der Waals surface area contributed by atoms with Gasteiger partial charge < -0.3 is 20.5 Å². The molecule has 1 unspecified atom stereocenters. The SMILES string of the molecule is CCOC(=O)CNC(=O)NCCC(CC)CCC(=O)O. The van der Waals surface area contributed by atoms with Crippen LogP contribution < -0.4 is 10.6 Å². The maximum atomic E-state index is 11.4. The average Bonchev–Trinajstić information content (AvgIpc) is 2.40. The maximum Gasteiger partial charge on any atom is 0.325 e. The lowest BCUT2D eigenvalue weighted by Gasteiger charge is -2.14.